The lowest BCUT2D eigenvalue weighted by Gasteiger charge is -2.21. The van der Waals surface area contributed by atoms with E-state index in [4.69, 9.17) is 0 Å². The fourth-order valence-corrected chi connectivity index (χ4v) is 4.26. The van der Waals surface area contributed by atoms with E-state index < -0.39 is 19.3 Å². The standard InChI is InChI=1S/C16H24O3P/c1-6-16(7-2,20(19)10-17)15(18)14-12(4)8-11(3)9-13(14)5/h8-9,17H,6-7,10H2,1-5H3/q+1. The first-order valence-electron chi connectivity index (χ1n) is 7.02. The first-order chi connectivity index (χ1) is 9.33. The number of hydrogen-bond acceptors (Lipinski definition) is 3. The lowest BCUT2D eigenvalue weighted by Crippen LogP contribution is -2.35. The second-order valence-electron chi connectivity index (χ2n) is 5.36. The van der Waals surface area contributed by atoms with Crippen LogP contribution in [0, 0.1) is 20.8 Å². The maximum atomic E-state index is 13.0. The SMILES string of the molecule is CCC(CC)(C(=O)c1c(C)cc(C)cc1C)[P+](=O)CO. The van der Waals surface area contributed by atoms with Crippen molar-refractivity contribution in [3.8, 4) is 0 Å². The molecule has 0 radical (unpaired) electrons. The smallest absolute Gasteiger partial charge is 0.353 e. The molecule has 3 nitrogen and oxygen atoms in total. The van der Waals surface area contributed by atoms with E-state index in [0.29, 0.717) is 18.4 Å². The molecule has 0 fully saturated rings. The van der Waals surface area contributed by atoms with Crippen molar-refractivity contribution >= 4 is 13.6 Å². The quantitative estimate of drug-likeness (QED) is 0.634. The number of ketones is 1. The molecule has 0 aliphatic heterocycles. The number of hydrogen-bond donors (Lipinski definition) is 1. The maximum absolute atomic E-state index is 13.0. The van der Waals surface area contributed by atoms with Gasteiger partial charge in [-0.3, -0.25) is 4.79 Å². The largest absolute Gasteiger partial charge is 0.381 e. The van der Waals surface area contributed by atoms with Crippen molar-refractivity contribution in [2.75, 3.05) is 6.35 Å². The Balaban J connectivity index is 3.45. The van der Waals surface area contributed by atoms with Crippen LogP contribution in [0.2, 0.25) is 0 Å². The molecule has 0 bridgehead atoms. The summed E-state index contributed by atoms with van der Waals surface area (Å²) in [6, 6.07) is 3.95. The number of aliphatic hydroxyl groups excluding tert-OH is 1. The van der Waals surface area contributed by atoms with Gasteiger partial charge < -0.3 is 5.11 Å². The molecule has 1 rings (SSSR count). The van der Waals surface area contributed by atoms with Crippen molar-refractivity contribution < 1.29 is 14.5 Å². The molecule has 4 heteroatoms. The topological polar surface area (TPSA) is 54.4 Å². The van der Waals surface area contributed by atoms with Gasteiger partial charge in [-0.15, -0.1) is 0 Å². The minimum atomic E-state index is -1.97. The first kappa shape index (κ1) is 17.0. The molecule has 0 spiro atoms. The van der Waals surface area contributed by atoms with Gasteiger partial charge in [-0.05, 0) is 31.9 Å². The fourth-order valence-electron chi connectivity index (χ4n) is 2.94. The zero-order chi connectivity index (χ0) is 15.5. The summed E-state index contributed by atoms with van der Waals surface area (Å²) in [5.74, 6) is -0.0901. The van der Waals surface area contributed by atoms with Gasteiger partial charge in [-0.2, -0.15) is 0 Å². The molecule has 0 aliphatic carbocycles. The third-order valence-corrected chi connectivity index (χ3v) is 6.15. The van der Waals surface area contributed by atoms with Crippen LogP contribution in [0.3, 0.4) is 0 Å². The van der Waals surface area contributed by atoms with Crippen LogP contribution < -0.4 is 0 Å². The second kappa shape index (κ2) is 6.60. The number of aryl methyl sites for hydroxylation is 3. The average Bonchev–Trinajstić information content (AvgIpc) is 2.39. The molecule has 1 aromatic carbocycles. The minimum absolute atomic E-state index is 0.0901. The molecule has 20 heavy (non-hydrogen) atoms. The molecule has 1 atom stereocenters. The number of Topliss-reactive ketones (excluding diaryl/α,β-unsaturated/α-hetero) is 1. The minimum Gasteiger partial charge on any atom is -0.353 e. The van der Waals surface area contributed by atoms with Crippen LogP contribution in [0.15, 0.2) is 12.1 Å². The zero-order valence-electron chi connectivity index (χ0n) is 13.0. The van der Waals surface area contributed by atoms with Crippen LogP contribution in [0.5, 0.6) is 0 Å². The molecule has 0 saturated carbocycles. The van der Waals surface area contributed by atoms with Gasteiger partial charge in [0.05, 0.1) is 0 Å². The number of benzene rings is 1. The zero-order valence-corrected chi connectivity index (χ0v) is 13.9. The van der Waals surface area contributed by atoms with Gasteiger partial charge >= 0.3 is 7.80 Å². The van der Waals surface area contributed by atoms with Gasteiger partial charge in [-0.1, -0.05) is 36.1 Å². The summed E-state index contributed by atoms with van der Waals surface area (Å²) in [6.07, 6.45) is 0.516. The van der Waals surface area contributed by atoms with Gasteiger partial charge in [0.2, 0.25) is 17.3 Å². The molecule has 110 valence electrons. The Bertz CT molecular complexity index is 508. The van der Waals surface area contributed by atoms with E-state index in [1.165, 1.54) is 0 Å². The normalized spacial score (nSPS) is 12.4. The molecule has 1 unspecified atom stereocenters. The Hall–Kier alpha value is -1.05. The van der Waals surface area contributed by atoms with Gasteiger partial charge in [0.15, 0.2) is 0 Å². The molecule has 0 saturated heterocycles. The van der Waals surface area contributed by atoms with Crippen LogP contribution in [0.25, 0.3) is 0 Å². The van der Waals surface area contributed by atoms with E-state index in [0.717, 1.165) is 16.7 Å². The van der Waals surface area contributed by atoms with E-state index in [2.05, 4.69) is 0 Å². The molecule has 1 N–H and O–H groups in total. The molecular formula is C16H24O3P+. The fraction of sp³-hybridized carbons (Fsp3) is 0.562. The second-order valence-corrected chi connectivity index (χ2v) is 7.26. The van der Waals surface area contributed by atoms with Crippen LogP contribution in [0.4, 0.5) is 0 Å². The van der Waals surface area contributed by atoms with Crippen molar-refractivity contribution in [1.82, 2.24) is 0 Å². The highest BCUT2D eigenvalue weighted by Gasteiger charge is 2.52. The molecule has 1 aromatic rings. The van der Waals surface area contributed by atoms with Gasteiger partial charge in [-0.25, -0.2) is 0 Å². The third-order valence-electron chi connectivity index (χ3n) is 4.10. The molecule has 0 amide bonds. The number of aliphatic hydroxyl groups is 1. The Kier molecular flexibility index (Phi) is 5.61. The van der Waals surface area contributed by atoms with Crippen molar-refractivity contribution in [3.05, 3.63) is 34.4 Å². The summed E-state index contributed by atoms with van der Waals surface area (Å²) >= 11 is 0. The molecule has 0 heterocycles. The van der Waals surface area contributed by atoms with Crippen molar-refractivity contribution in [3.63, 3.8) is 0 Å². The molecular weight excluding hydrogens is 271 g/mol. The maximum Gasteiger partial charge on any atom is 0.381 e. The average molecular weight is 295 g/mol. The van der Waals surface area contributed by atoms with Crippen molar-refractivity contribution in [2.24, 2.45) is 0 Å². The van der Waals surface area contributed by atoms with E-state index in [1.54, 1.807) is 0 Å². The lowest BCUT2D eigenvalue weighted by atomic mass is 9.86. The van der Waals surface area contributed by atoms with Crippen molar-refractivity contribution in [1.29, 1.82) is 0 Å². The molecule has 0 aromatic heterocycles. The summed E-state index contributed by atoms with van der Waals surface area (Å²) in [4.78, 5) is 13.0. The summed E-state index contributed by atoms with van der Waals surface area (Å²) in [5, 5.41) is 8.33. The van der Waals surface area contributed by atoms with Crippen LogP contribution >= 0.6 is 7.80 Å². The highest BCUT2D eigenvalue weighted by atomic mass is 31.1. The van der Waals surface area contributed by atoms with Gasteiger partial charge in [0, 0.05) is 18.4 Å². The van der Waals surface area contributed by atoms with E-state index in [-0.39, 0.29) is 5.78 Å². The van der Waals surface area contributed by atoms with Gasteiger partial charge in [0.25, 0.3) is 0 Å². The first-order valence-corrected chi connectivity index (χ1v) is 8.46. The Morgan fingerprint density at radius 2 is 1.60 bits per heavy atom. The van der Waals surface area contributed by atoms with E-state index >= 15 is 0 Å². The third kappa shape index (κ3) is 2.84. The summed E-state index contributed by atoms with van der Waals surface area (Å²) in [7, 11) is -1.97. The summed E-state index contributed by atoms with van der Waals surface area (Å²) < 4.78 is 12.3. The van der Waals surface area contributed by atoms with E-state index in [9.17, 15) is 14.5 Å². The summed E-state index contributed by atoms with van der Waals surface area (Å²) in [6.45, 7) is 9.55. The number of carbonyl (C=O) groups is 1. The highest BCUT2D eigenvalue weighted by molar-refractivity contribution is 7.47. The van der Waals surface area contributed by atoms with Crippen LogP contribution in [-0.2, 0) is 4.57 Å². The van der Waals surface area contributed by atoms with Gasteiger partial charge in [0.1, 0.15) is 0 Å². The predicted molar refractivity (Wildman–Crippen MR) is 83.0 cm³/mol. The highest BCUT2D eigenvalue weighted by Crippen LogP contribution is 2.46. The summed E-state index contributed by atoms with van der Waals surface area (Å²) in [5.41, 5.74) is 3.61. The van der Waals surface area contributed by atoms with Crippen LogP contribution in [-0.4, -0.2) is 22.4 Å². The molecule has 0 aliphatic rings. The predicted octanol–water partition coefficient (Wildman–Crippen LogP) is 4.13. The number of carbonyl (C=O) groups excluding carboxylic acids is 1. The monoisotopic (exact) mass is 295 g/mol. The lowest BCUT2D eigenvalue weighted by molar-refractivity contribution is 0.0929. The van der Waals surface area contributed by atoms with Crippen molar-refractivity contribution in [2.45, 2.75) is 52.6 Å². The Morgan fingerprint density at radius 1 is 1.15 bits per heavy atom. The Morgan fingerprint density at radius 3 is 1.95 bits per heavy atom. The van der Waals surface area contributed by atoms with Crippen LogP contribution in [0.1, 0.15) is 53.7 Å². The Labute approximate surface area is 122 Å². The van der Waals surface area contributed by atoms with E-state index in [1.807, 2.05) is 46.8 Å². The number of rotatable bonds is 6.